The van der Waals surface area contributed by atoms with Crippen LogP contribution in [0, 0.1) is 13.8 Å². The molecule has 2 aromatic rings. The monoisotopic (exact) mass is 352 g/mol. The molecule has 3 rings (SSSR count). The molecule has 0 saturated carbocycles. The van der Waals surface area contributed by atoms with Crippen molar-refractivity contribution in [2.75, 3.05) is 19.0 Å². The highest BCUT2D eigenvalue weighted by atomic mass is 16.5. The number of aryl methyl sites for hydroxylation is 2. The van der Waals surface area contributed by atoms with Crippen LogP contribution < -0.4 is 10.1 Å². The Kier molecular flexibility index (Phi) is 4.75. The Bertz CT molecular complexity index is 905. The van der Waals surface area contributed by atoms with E-state index in [0.29, 0.717) is 22.6 Å². The third-order valence-corrected chi connectivity index (χ3v) is 4.32. The van der Waals surface area contributed by atoms with Crippen LogP contribution in [0.25, 0.3) is 0 Å². The molecule has 0 aliphatic carbocycles. The van der Waals surface area contributed by atoms with Crippen LogP contribution >= 0.6 is 0 Å². The van der Waals surface area contributed by atoms with Crippen molar-refractivity contribution in [3.05, 3.63) is 58.7 Å². The molecule has 0 aromatic heterocycles. The van der Waals surface area contributed by atoms with Gasteiger partial charge in [0.25, 0.3) is 11.8 Å². The van der Waals surface area contributed by atoms with E-state index in [9.17, 15) is 14.4 Å². The third-order valence-electron chi connectivity index (χ3n) is 4.32. The minimum atomic E-state index is -0.356. The maximum atomic E-state index is 12.4. The van der Waals surface area contributed by atoms with Crippen molar-refractivity contribution in [3.8, 4) is 5.75 Å². The number of amides is 3. The first-order valence-corrected chi connectivity index (χ1v) is 8.32. The Hall–Kier alpha value is -3.15. The predicted octanol–water partition coefficient (Wildman–Crippen LogP) is 2.94. The van der Waals surface area contributed by atoms with Gasteiger partial charge in [0.2, 0.25) is 5.91 Å². The van der Waals surface area contributed by atoms with Crippen LogP contribution in [0.3, 0.4) is 0 Å². The third kappa shape index (κ3) is 3.31. The summed E-state index contributed by atoms with van der Waals surface area (Å²) in [6, 6.07) is 10.6. The molecule has 2 aromatic carbocycles. The lowest BCUT2D eigenvalue weighted by atomic mass is 10.1. The molecule has 0 unspecified atom stereocenters. The summed E-state index contributed by atoms with van der Waals surface area (Å²) in [6.45, 7) is 3.81. The van der Waals surface area contributed by atoms with E-state index in [1.807, 2.05) is 26.0 Å². The van der Waals surface area contributed by atoms with Gasteiger partial charge in [0.05, 0.1) is 23.9 Å². The number of imide groups is 1. The molecule has 1 heterocycles. The van der Waals surface area contributed by atoms with Gasteiger partial charge < -0.3 is 10.1 Å². The molecule has 0 radical (unpaired) electrons. The fraction of sp³-hybridized carbons (Fsp3) is 0.250. The van der Waals surface area contributed by atoms with Gasteiger partial charge >= 0.3 is 0 Å². The van der Waals surface area contributed by atoms with E-state index >= 15 is 0 Å². The fourth-order valence-electron chi connectivity index (χ4n) is 2.95. The Balaban J connectivity index is 1.67. The van der Waals surface area contributed by atoms with Crippen molar-refractivity contribution in [3.63, 3.8) is 0 Å². The molecule has 0 spiro atoms. The summed E-state index contributed by atoms with van der Waals surface area (Å²) < 4.78 is 5.23. The lowest BCUT2D eigenvalue weighted by Crippen LogP contribution is -2.32. The number of hydrogen-bond acceptors (Lipinski definition) is 4. The normalized spacial score (nSPS) is 13.0. The van der Waals surface area contributed by atoms with Crippen LogP contribution in [0.4, 0.5) is 5.69 Å². The molecule has 1 aliphatic rings. The molecule has 1 aliphatic heterocycles. The number of methoxy groups -OCH3 is 1. The molecule has 3 amide bonds. The van der Waals surface area contributed by atoms with E-state index in [0.717, 1.165) is 16.0 Å². The molecule has 0 bridgehead atoms. The van der Waals surface area contributed by atoms with E-state index in [1.165, 1.54) is 7.11 Å². The highest BCUT2D eigenvalue weighted by Gasteiger charge is 2.35. The van der Waals surface area contributed by atoms with Crippen molar-refractivity contribution >= 4 is 23.4 Å². The maximum Gasteiger partial charge on any atom is 0.261 e. The number of carbonyl (C=O) groups excluding carboxylic acids is 3. The number of fused-ring (bicyclic) bond motifs is 1. The predicted molar refractivity (Wildman–Crippen MR) is 97.5 cm³/mol. The Morgan fingerprint density at radius 3 is 2.38 bits per heavy atom. The van der Waals surface area contributed by atoms with Crippen LogP contribution in [0.5, 0.6) is 5.75 Å². The summed E-state index contributed by atoms with van der Waals surface area (Å²) in [5.74, 6) is -0.442. The lowest BCUT2D eigenvalue weighted by Gasteiger charge is -2.14. The van der Waals surface area contributed by atoms with Gasteiger partial charge in [-0.15, -0.1) is 0 Å². The van der Waals surface area contributed by atoms with Crippen LogP contribution in [0.2, 0.25) is 0 Å². The van der Waals surface area contributed by atoms with Crippen LogP contribution in [0.1, 0.15) is 38.3 Å². The Labute approximate surface area is 151 Å². The minimum absolute atomic E-state index is 0.0154. The van der Waals surface area contributed by atoms with Gasteiger partial charge in [-0.2, -0.15) is 0 Å². The van der Waals surface area contributed by atoms with Crippen LogP contribution in [-0.2, 0) is 4.79 Å². The summed E-state index contributed by atoms with van der Waals surface area (Å²) >= 11 is 0. The van der Waals surface area contributed by atoms with Crippen LogP contribution in [0.15, 0.2) is 36.4 Å². The summed E-state index contributed by atoms with van der Waals surface area (Å²) in [4.78, 5) is 38.2. The Morgan fingerprint density at radius 1 is 1.00 bits per heavy atom. The molecular weight excluding hydrogens is 332 g/mol. The molecule has 0 saturated heterocycles. The first-order valence-electron chi connectivity index (χ1n) is 8.32. The second-order valence-corrected chi connectivity index (χ2v) is 6.31. The Morgan fingerprint density at radius 2 is 1.65 bits per heavy atom. The van der Waals surface area contributed by atoms with Gasteiger partial charge in [0, 0.05) is 13.0 Å². The summed E-state index contributed by atoms with van der Waals surface area (Å²) in [6.07, 6.45) is 0.0154. The SMILES string of the molecule is COc1ccc(C)cc1NC(=O)CCN1C(=O)c2ccc(C)cc2C1=O. The van der Waals surface area contributed by atoms with Gasteiger partial charge in [-0.1, -0.05) is 17.7 Å². The molecule has 1 N–H and O–H groups in total. The van der Waals surface area contributed by atoms with Crippen molar-refractivity contribution < 1.29 is 19.1 Å². The zero-order chi connectivity index (χ0) is 18.8. The summed E-state index contributed by atoms with van der Waals surface area (Å²) in [5.41, 5.74) is 3.25. The molecule has 26 heavy (non-hydrogen) atoms. The topological polar surface area (TPSA) is 75.7 Å². The number of rotatable bonds is 5. The summed E-state index contributed by atoms with van der Waals surface area (Å²) in [7, 11) is 1.53. The first-order chi connectivity index (χ1) is 12.4. The van der Waals surface area contributed by atoms with E-state index in [4.69, 9.17) is 4.74 Å². The average Bonchev–Trinajstić information content (AvgIpc) is 2.83. The van der Waals surface area contributed by atoms with E-state index in [2.05, 4.69) is 5.32 Å². The number of hydrogen-bond donors (Lipinski definition) is 1. The molecular formula is C20H20N2O4. The zero-order valence-electron chi connectivity index (χ0n) is 15.0. The second kappa shape index (κ2) is 7.00. The smallest absolute Gasteiger partial charge is 0.261 e. The van der Waals surface area contributed by atoms with Crippen molar-refractivity contribution in [2.45, 2.75) is 20.3 Å². The standard InChI is InChI=1S/C20H20N2O4/c1-12-4-6-14-15(10-12)20(25)22(19(14)24)9-8-18(23)21-16-11-13(2)5-7-17(16)26-3/h4-7,10-11H,8-9H2,1-3H3,(H,21,23). The molecule has 0 atom stereocenters. The highest BCUT2D eigenvalue weighted by molar-refractivity contribution is 6.21. The van der Waals surface area contributed by atoms with Crippen molar-refractivity contribution in [1.82, 2.24) is 4.90 Å². The number of carbonyl (C=O) groups is 3. The van der Waals surface area contributed by atoms with Gasteiger partial charge in [-0.3, -0.25) is 19.3 Å². The van der Waals surface area contributed by atoms with Crippen LogP contribution in [-0.4, -0.2) is 36.3 Å². The molecule has 134 valence electrons. The van der Waals surface area contributed by atoms with E-state index in [1.54, 1.807) is 24.3 Å². The van der Waals surface area contributed by atoms with Crippen molar-refractivity contribution in [1.29, 1.82) is 0 Å². The van der Waals surface area contributed by atoms with E-state index in [-0.39, 0.29) is 30.7 Å². The van der Waals surface area contributed by atoms with Gasteiger partial charge in [0.15, 0.2) is 0 Å². The highest BCUT2D eigenvalue weighted by Crippen LogP contribution is 2.26. The molecule has 6 nitrogen and oxygen atoms in total. The average molecular weight is 352 g/mol. The lowest BCUT2D eigenvalue weighted by molar-refractivity contribution is -0.116. The van der Waals surface area contributed by atoms with E-state index < -0.39 is 0 Å². The van der Waals surface area contributed by atoms with Crippen molar-refractivity contribution in [2.24, 2.45) is 0 Å². The number of benzene rings is 2. The van der Waals surface area contributed by atoms with Gasteiger partial charge in [-0.25, -0.2) is 0 Å². The van der Waals surface area contributed by atoms with Gasteiger partial charge in [-0.05, 0) is 43.7 Å². The fourth-order valence-corrected chi connectivity index (χ4v) is 2.95. The van der Waals surface area contributed by atoms with Gasteiger partial charge in [0.1, 0.15) is 5.75 Å². The summed E-state index contributed by atoms with van der Waals surface area (Å²) in [5, 5.41) is 2.77. The maximum absolute atomic E-state index is 12.4. The number of nitrogens with zero attached hydrogens (tertiary/aromatic N) is 1. The second-order valence-electron chi connectivity index (χ2n) is 6.31. The number of anilines is 1. The molecule has 0 fully saturated rings. The minimum Gasteiger partial charge on any atom is -0.495 e. The molecule has 6 heteroatoms. The first kappa shape index (κ1) is 17.7. The number of ether oxygens (including phenoxy) is 1. The number of nitrogens with one attached hydrogen (secondary N) is 1. The zero-order valence-corrected chi connectivity index (χ0v) is 15.0. The largest absolute Gasteiger partial charge is 0.495 e. The quantitative estimate of drug-likeness (QED) is 0.840.